The van der Waals surface area contributed by atoms with Crippen LogP contribution in [0.25, 0.3) is 0 Å². The molecule has 0 aliphatic carbocycles. The molecule has 0 amide bonds. The van der Waals surface area contributed by atoms with Gasteiger partial charge in [0.2, 0.25) is 0 Å². The average molecular weight is 937 g/mol. The molecule has 5 nitrogen and oxygen atoms in total. The SMILES string of the molecule is CC(C)(C)c1ccc(F)cc1.CC(C)(C)n1ccccc1=O.CCc1ncc(C(C)(C)C)s1.Cc1ccc(C(C)(C)C)c(F)c1.Cc1ccc(C(C)(C)C)cn1.Cc1ccc(C(C)(C)C)cn1. The van der Waals surface area contributed by atoms with Crippen molar-refractivity contribution in [2.24, 2.45) is 0 Å². The van der Waals surface area contributed by atoms with Gasteiger partial charge in [-0.25, -0.2) is 13.8 Å². The Hall–Kier alpha value is -4.82. The smallest absolute Gasteiger partial charge is 0.250 e. The van der Waals surface area contributed by atoms with E-state index in [0.29, 0.717) is 0 Å². The molecular formula is C59H86F2N4OS. The van der Waals surface area contributed by atoms with Crippen molar-refractivity contribution in [2.75, 3.05) is 0 Å². The van der Waals surface area contributed by atoms with Gasteiger partial charge in [0.15, 0.2) is 0 Å². The van der Waals surface area contributed by atoms with Crippen LogP contribution < -0.4 is 5.56 Å². The maximum Gasteiger partial charge on any atom is 0.250 e. The average Bonchev–Trinajstić information content (AvgIpc) is 3.69. The summed E-state index contributed by atoms with van der Waals surface area (Å²) in [7, 11) is 0. The van der Waals surface area contributed by atoms with Crippen LogP contribution in [0.4, 0.5) is 8.78 Å². The van der Waals surface area contributed by atoms with Gasteiger partial charge in [-0.15, -0.1) is 11.3 Å². The largest absolute Gasteiger partial charge is 0.310 e. The fraction of sp³-hybridized carbons (Fsp3) is 0.492. The number of halogens is 2. The first-order chi connectivity index (χ1) is 30.5. The molecule has 0 saturated heterocycles. The number of hydrogen-bond acceptors (Lipinski definition) is 5. The summed E-state index contributed by atoms with van der Waals surface area (Å²) >= 11 is 1.83. The van der Waals surface area contributed by atoms with Crippen LogP contribution in [0.2, 0.25) is 0 Å². The van der Waals surface area contributed by atoms with Crippen molar-refractivity contribution in [3.05, 3.63) is 181 Å². The van der Waals surface area contributed by atoms with Crippen LogP contribution in [-0.2, 0) is 39.0 Å². The zero-order chi connectivity index (χ0) is 51.8. The molecule has 0 bridgehead atoms. The molecule has 0 unspecified atom stereocenters. The van der Waals surface area contributed by atoms with Gasteiger partial charge >= 0.3 is 0 Å². The topological polar surface area (TPSA) is 60.7 Å². The number of aromatic nitrogens is 4. The van der Waals surface area contributed by atoms with E-state index in [1.165, 1.54) is 38.7 Å². The van der Waals surface area contributed by atoms with Crippen LogP contribution >= 0.6 is 11.3 Å². The van der Waals surface area contributed by atoms with Gasteiger partial charge in [-0.05, 0) is 139 Å². The molecule has 0 spiro atoms. The number of thiazole rings is 1. The molecule has 0 radical (unpaired) electrons. The minimum Gasteiger partial charge on any atom is -0.310 e. The van der Waals surface area contributed by atoms with Crippen LogP contribution in [0.5, 0.6) is 0 Å². The molecule has 0 saturated carbocycles. The molecule has 4 heterocycles. The second-order valence-electron chi connectivity index (χ2n) is 23.2. The van der Waals surface area contributed by atoms with Crippen molar-refractivity contribution in [1.29, 1.82) is 0 Å². The fourth-order valence-electron chi connectivity index (χ4n) is 5.80. The Labute approximate surface area is 410 Å². The van der Waals surface area contributed by atoms with Gasteiger partial charge in [-0.1, -0.05) is 153 Å². The van der Waals surface area contributed by atoms with Gasteiger partial charge in [-0.2, -0.15) is 0 Å². The zero-order valence-electron chi connectivity index (χ0n) is 45.5. The molecular weight excluding hydrogens is 851 g/mol. The zero-order valence-corrected chi connectivity index (χ0v) is 46.3. The van der Waals surface area contributed by atoms with Gasteiger partial charge in [0.05, 0.1) is 5.01 Å². The molecule has 0 atom stereocenters. The fourth-order valence-corrected chi connectivity index (χ4v) is 6.72. The quantitative estimate of drug-likeness (QED) is 0.165. The summed E-state index contributed by atoms with van der Waals surface area (Å²) in [5.74, 6) is -0.263. The minimum absolute atomic E-state index is 0.0556. The van der Waals surface area contributed by atoms with E-state index in [2.05, 4.69) is 129 Å². The Morgan fingerprint density at radius 2 is 0.985 bits per heavy atom. The number of pyridine rings is 3. The molecule has 67 heavy (non-hydrogen) atoms. The number of rotatable bonds is 1. The minimum atomic E-state index is -0.169. The summed E-state index contributed by atoms with van der Waals surface area (Å²) in [5.41, 5.74) is 8.35. The molecule has 6 aromatic rings. The summed E-state index contributed by atoms with van der Waals surface area (Å²) in [5, 5.41) is 1.25. The van der Waals surface area contributed by atoms with Crippen molar-refractivity contribution in [3.63, 3.8) is 0 Å². The number of aryl methyl sites for hydroxylation is 4. The Kier molecular flexibility index (Phi) is 22.9. The van der Waals surface area contributed by atoms with E-state index in [1.54, 1.807) is 22.8 Å². The summed E-state index contributed by atoms with van der Waals surface area (Å²) in [6.45, 7) is 46.3. The predicted octanol–water partition coefficient (Wildman–Crippen LogP) is 16.5. The Bertz CT molecular complexity index is 2260. The van der Waals surface area contributed by atoms with Crippen LogP contribution in [-0.4, -0.2) is 19.5 Å². The van der Waals surface area contributed by atoms with E-state index >= 15 is 0 Å². The van der Waals surface area contributed by atoms with E-state index in [0.717, 1.165) is 28.9 Å². The number of hydrogen-bond donors (Lipinski definition) is 0. The first kappa shape index (κ1) is 60.2. The summed E-state index contributed by atoms with van der Waals surface area (Å²) in [6, 6.07) is 25.6. The highest BCUT2D eigenvalue weighted by molar-refractivity contribution is 7.11. The molecule has 2 aromatic carbocycles. The highest BCUT2D eigenvalue weighted by Gasteiger charge is 2.19. The van der Waals surface area contributed by atoms with Gasteiger partial charge in [-0.3, -0.25) is 14.8 Å². The predicted molar refractivity (Wildman–Crippen MR) is 286 cm³/mol. The molecule has 8 heteroatoms. The van der Waals surface area contributed by atoms with E-state index in [-0.39, 0.29) is 49.8 Å². The van der Waals surface area contributed by atoms with Gasteiger partial charge in [0.25, 0.3) is 5.56 Å². The highest BCUT2D eigenvalue weighted by atomic mass is 32.1. The summed E-state index contributed by atoms with van der Waals surface area (Å²) in [6.07, 6.45) is 8.78. The van der Waals surface area contributed by atoms with Crippen molar-refractivity contribution in [3.8, 4) is 0 Å². The van der Waals surface area contributed by atoms with E-state index in [1.807, 2.05) is 129 Å². The molecule has 0 aliphatic rings. The highest BCUT2D eigenvalue weighted by Crippen LogP contribution is 2.28. The molecule has 368 valence electrons. The van der Waals surface area contributed by atoms with Crippen molar-refractivity contribution >= 4 is 11.3 Å². The Morgan fingerprint density at radius 1 is 0.522 bits per heavy atom. The van der Waals surface area contributed by atoms with Crippen LogP contribution in [0.3, 0.4) is 0 Å². The molecule has 6 rings (SSSR count). The first-order valence-electron chi connectivity index (χ1n) is 23.5. The lowest BCUT2D eigenvalue weighted by molar-refractivity contribution is 0.384. The second-order valence-corrected chi connectivity index (χ2v) is 24.3. The third-order valence-corrected chi connectivity index (χ3v) is 11.9. The lowest BCUT2D eigenvalue weighted by Gasteiger charge is -2.21. The third kappa shape index (κ3) is 23.2. The van der Waals surface area contributed by atoms with Gasteiger partial charge in [0.1, 0.15) is 11.6 Å². The summed E-state index contributed by atoms with van der Waals surface area (Å²) < 4.78 is 27.5. The van der Waals surface area contributed by atoms with Gasteiger partial charge < -0.3 is 4.57 Å². The number of nitrogens with zero attached hydrogens (tertiary/aromatic N) is 4. The van der Waals surface area contributed by atoms with Gasteiger partial charge in [0, 0.05) is 52.7 Å². The first-order valence-corrected chi connectivity index (χ1v) is 24.3. The monoisotopic (exact) mass is 937 g/mol. The Morgan fingerprint density at radius 3 is 1.28 bits per heavy atom. The van der Waals surface area contributed by atoms with Crippen LogP contribution in [0, 0.1) is 32.4 Å². The van der Waals surface area contributed by atoms with E-state index < -0.39 is 0 Å². The maximum atomic E-state index is 13.3. The van der Waals surface area contributed by atoms with Crippen molar-refractivity contribution in [2.45, 2.75) is 191 Å². The summed E-state index contributed by atoms with van der Waals surface area (Å²) in [4.78, 5) is 25.4. The van der Waals surface area contributed by atoms with E-state index in [9.17, 15) is 13.6 Å². The standard InChI is InChI=1S/C11H15F.C10H13F.2C10H15N.C9H13NO.C9H15NS/c1-8-5-6-9(10(12)7-8)11(2,3)4;1-10(2,3)8-4-6-9(11)7-5-8;2*1-8-5-6-9(7-11-8)10(2,3)4;1-9(2,3)10-7-5-4-6-8(10)11;1-5-8-10-6-7(11-8)9(2,3)4/h5-7H,1-4H3;4-7H,1-3H3;2*5-7H,1-4H3;4-7H,1-3H3;6H,5H2,1-4H3. The maximum absolute atomic E-state index is 13.3. The van der Waals surface area contributed by atoms with Crippen LogP contribution in [0.1, 0.15) is 181 Å². The third-order valence-electron chi connectivity index (χ3n) is 10.3. The van der Waals surface area contributed by atoms with Crippen molar-refractivity contribution in [1.82, 2.24) is 19.5 Å². The second kappa shape index (κ2) is 25.5. The lowest BCUT2D eigenvalue weighted by Crippen LogP contribution is -2.32. The van der Waals surface area contributed by atoms with E-state index in [4.69, 9.17) is 0 Å². The molecule has 4 aromatic heterocycles. The normalized spacial score (nSPS) is 11.7. The Balaban J connectivity index is 0.000000402. The lowest BCUT2D eigenvalue weighted by atomic mass is 9.86. The number of benzene rings is 2. The van der Waals surface area contributed by atoms with Crippen LogP contribution in [0.15, 0.2) is 115 Å². The van der Waals surface area contributed by atoms with Crippen molar-refractivity contribution < 1.29 is 8.78 Å². The molecule has 0 fully saturated rings. The molecule has 0 aliphatic heterocycles. The molecule has 0 N–H and O–H groups in total.